The molecule has 314 valence electrons. The number of rotatable bonds is 7. The minimum absolute atomic E-state index is 0.899. The summed E-state index contributed by atoms with van der Waals surface area (Å²) in [5, 5.41) is 10.2. The highest BCUT2D eigenvalue weighted by Crippen LogP contribution is 2.39. The van der Waals surface area contributed by atoms with Crippen molar-refractivity contribution in [1.29, 1.82) is 0 Å². The Labute approximate surface area is 387 Å². The Morgan fingerprint density at radius 1 is 0.269 bits per heavy atom. The van der Waals surface area contributed by atoms with Crippen LogP contribution >= 0.6 is 0 Å². The van der Waals surface area contributed by atoms with E-state index in [9.17, 15) is 0 Å². The van der Waals surface area contributed by atoms with Crippen LogP contribution in [0, 0.1) is 0 Å². The second-order valence-electron chi connectivity index (χ2n) is 17.6. The van der Waals surface area contributed by atoms with Crippen molar-refractivity contribution in [2.75, 3.05) is 0 Å². The first-order chi connectivity index (χ1) is 33.3. The highest BCUT2D eigenvalue weighted by molar-refractivity contribution is 7.19. The van der Waals surface area contributed by atoms with Gasteiger partial charge in [-0.25, -0.2) is 4.98 Å². The molecule has 0 saturated heterocycles. The summed E-state index contributed by atoms with van der Waals surface area (Å²) < 4.78 is 9.55. The molecule has 0 fully saturated rings. The summed E-state index contributed by atoms with van der Waals surface area (Å²) in [4.78, 5) is 5.24. The zero-order valence-electron chi connectivity index (χ0n) is 36.4. The van der Waals surface area contributed by atoms with Gasteiger partial charge in [0, 0.05) is 38.6 Å². The van der Waals surface area contributed by atoms with Crippen LogP contribution in [-0.2, 0) is 0 Å². The van der Waals surface area contributed by atoms with Crippen LogP contribution in [0.3, 0.4) is 0 Å². The van der Waals surface area contributed by atoms with Crippen molar-refractivity contribution in [3.63, 3.8) is 0 Å². The highest BCUT2D eigenvalue weighted by atomic mass is 28.3. The molecule has 0 N–H and O–H groups in total. The second kappa shape index (κ2) is 14.7. The Morgan fingerprint density at radius 2 is 0.731 bits per heavy atom. The van der Waals surface area contributed by atoms with Crippen molar-refractivity contribution >= 4 is 100 Å². The van der Waals surface area contributed by atoms with E-state index in [1.165, 1.54) is 53.3 Å². The Hall–Kier alpha value is -8.71. The van der Waals surface area contributed by atoms with Gasteiger partial charge in [-0.05, 0) is 99.6 Å². The van der Waals surface area contributed by atoms with E-state index in [1.54, 1.807) is 0 Å². The Bertz CT molecular complexity index is 4070. The third-order valence-corrected chi connectivity index (χ3v) is 18.9. The number of para-hydroxylation sites is 6. The van der Waals surface area contributed by atoms with E-state index < -0.39 is 8.07 Å². The zero-order chi connectivity index (χ0) is 44.1. The van der Waals surface area contributed by atoms with Crippen molar-refractivity contribution in [2.45, 2.75) is 0 Å². The van der Waals surface area contributed by atoms with Crippen LogP contribution in [-0.4, -0.2) is 31.2 Å². The Balaban J connectivity index is 1.07. The molecule has 0 amide bonds. The molecule has 5 nitrogen and oxygen atoms in total. The quantitative estimate of drug-likeness (QED) is 0.116. The fourth-order valence-corrected chi connectivity index (χ4v) is 16.1. The van der Waals surface area contributed by atoms with E-state index in [0.717, 1.165) is 55.9 Å². The molecule has 0 aliphatic carbocycles. The predicted octanol–water partition coefficient (Wildman–Crippen LogP) is 12.0. The standard InChI is InChI=1S/C61H41N5Si/c1-4-20-45(21-5-1)67(46-22-6-2-7-23-46,47-24-8-3-9-25-47)48-26-18-19-42(39-48)64-56-38-36-43(65-58-33-16-17-34-59(58)66-57-32-15-12-29-53(57)62-61(65)66)40-52(56)51-37-35-44(41-60(51)64)63-54-30-13-10-27-49(54)50-28-11-14-31-55(50)63/h1-41H. The first kappa shape index (κ1) is 37.6. The highest BCUT2D eigenvalue weighted by Gasteiger charge is 2.41. The van der Waals surface area contributed by atoms with E-state index in [2.05, 4.69) is 267 Å². The van der Waals surface area contributed by atoms with E-state index in [4.69, 9.17) is 4.98 Å². The molecule has 0 atom stereocenters. The van der Waals surface area contributed by atoms with E-state index in [-0.39, 0.29) is 0 Å². The molecule has 14 rings (SSSR count). The largest absolute Gasteiger partial charge is 0.309 e. The lowest BCUT2D eigenvalue weighted by molar-refractivity contribution is 1.11. The summed E-state index contributed by atoms with van der Waals surface area (Å²) in [6.45, 7) is 0. The lowest BCUT2D eigenvalue weighted by Crippen LogP contribution is -2.74. The molecule has 0 radical (unpaired) electrons. The molecule has 0 aliphatic rings. The van der Waals surface area contributed by atoms with Crippen LogP contribution in [0.5, 0.6) is 0 Å². The van der Waals surface area contributed by atoms with Gasteiger partial charge in [0.15, 0.2) is 8.07 Å². The zero-order valence-corrected chi connectivity index (χ0v) is 37.4. The number of nitrogens with zero attached hydrogens (tertiary/aromatic N) is 5. The molecular weight excluding hydrogens is 831 g/mol. The van der Waals surface area contributed by atoms with Crippen LogP contribution in [0.15, 0.2) is 249 Å². The molecule has 10 aromatic carbocycles. The molecule has 14 aromatic rings. The van der Waals surface area contributed by atoms with E-state index in [1.807, 2.05) is 0 Å². The smallest absolute Gasteiger partial charge is 0.220 e. The van der Waals surface area contributed by atoms with Gasteiger partial charge < -0.3 is 9.13 Å². The maximum atomic E-state index is 5.24. The Morgan fingerprint density at radius 3 is 1.39 bits per heavy atom. The number of aromatic nitrogens is 5. The third kappa shape index (κ3) is 5.45. The van der Waals surface area contributed by atoms with E-state index in [0.29, 0.717) is 0 Å². The molecule has 0 saturated carbocycles. The van der Waals surface area contributed by atoms with Crippen LogP contribution < -0.4 is 20.7 Å². The van der Waals surface area contributed by atoms with Gasteiger partial charge in [-0.15, -0.1) is 0 Å². The average molecular weight is 872 g/mol. The third-order valence-electron chi connectivity index (χ3n) is 14.1. The van der Waals surface area contributed by atoms with Gasteiger partial charge in [0.05, 0.1) is 44.1 Å². The van der Waals surface area contributed by atoms with Gasteiger partial charge in [-0.1, -0.05) is 170 Å². The molecule has 4 aromatic heterocycles. The molecule has 0 aliphatic heterocycles. The Kier molecular flexibility index (Phi) is 8.23. The van der Waals surface area contributed by atoms with Crippen molar-refractivity contribution < 1.29 is 0 Å². The fraction of sp³-hybridized carbons (Fsp3) is 0. The number of imidazole rings is 2. The van der Waals surface area contributed by atoms with Crippen LogP contribution in [0.1, 0.15) is 0 Å². The minimum Gasteiger partial charge on any atom is -0.309 e. The number of hydrogen-bond acceptors (Lipinski definition) is 1. The second-order valence-corrected chi connectivity index (χ2v) is 21.4. The van der Waals surface area contributed by atoms with Crippen LogP contribution in [0.2, 0.25) is 0 Å². The predicted molar refractivity (Wildman–Crippen MR) is 282 cm³/mol. The lowest BCUT2D eigenvalue weighted by atomic mass is 10.1. The monoisotopic (exact) mass is 871 g/mol. The fourth-order valence-electron chi connectivity index (χ4n) is 11.3. The van der Waals surface area contributed by atoms with E-state index >= 15 is 0 Å². The van der Waals surface area contributed by atoms with Gasteiger partial charge in [-0.2, -0.15) is 0 Å². The summed E-state index contributed by atoms with van der Waals surface area (Å²) in [5.74, 6) is 0.899. The molecule has 4 heterocycles. The average Bonchev–Trinajstić information content (AvgIpc) is 4.13. The van der Waals surface area contributed by atoms with Gasteiger partial charge in [-0.3, -0.25) is 8.97 Å². The van der Waals surface area contributed by atoms with Crippen molar-refractivity contribution in [1.82, 2.24) is 23.1 Å². The first-order valence-electron chi connectivity index (χ1n) is 23.0. The summed E-state index contributed by atoms with van der Waals surface area (Å²) in [6.07, 6.45) is 0. The van der Waals surface area contributed by atoms with Gasteiger partial charge in [0.25, 0.3) is 0 Å². The molecule has 0 bridgehead atoms. The molecule has 0 unspecified atom stereocenters. The molecule has 0 spiro atoms. The summed E-state index contributed by atoms with van der Waals surface area (Å²) in [7, 11) is -2.84. The van der Waals surface area contributed by atoms with Gasteiger partial charge in [0.2, 0.25) is 5.78 Å². The summed E-state index contributed by atoms with van der Waals surface area (Å²) >= 11 is 0. The number of fused-ring (bicyclic) bond motifs is 11. The SMILES string of the molecule is c1ccc([Si](c2ccccc2)(c2ccccc2)c2cccc(-n3c4ccc(-n5c6ccccc6n6c7ccccc7nc56)cc4c4ccc(-n5c6ccccc6c6ccccc65)cc43)c2)cc1. The maximum absolute atomic E-state index is 5.24. The minimum atomic E-state index is -2.84. The van der Waals surface area contributed by atoms with Gasteiger partial charge >= 0.3 is 0 Å². The summed E-state index contributed by atoms with van der Waals surface area (Å²) in [5.41, 5.74) is 12.3. The maximum Gasteiger partial charge on any atom is 0.220 e. The topological polar surface area (TPSA) is 32.1 Å². The molecule has 6 heteroatoms. The lowest BCUT2D eigenvalue weighted by Gasteiger charge is -2.34. The number of hydrogen-bond donors (Lipinski definition) is 0. The van der Waals surface area contributed by atoms with Crippen molar-refractivity contribution in [2.24, 2.45) is 0 Å². The molecular formula is C61H41N5Si. The van der Waals surface area contributed by atoms with Gasteiger partial charge in [0.1, 0.15) is 0 Å². The van der Waals surface area contributed by atoms with Crippen molar-refractivity contribution in [3.05, 3.63) is 249 Å². The first-order valence-corrected chi connectivity index (χ1v) is 25.0. The number of benzene rings is 10. The normalized spacial score (nSPS) is 12.2. The van der Waals surface area contributed by atoms with Crippen molar-refractivity contribution in [3.8, 4) is 17.1 Å². The van der Waals surface area contributed by atoms with Crippen LogP contribution in [0.25, 0.3) is 88.5 Å². The van der Waals surface area contributed by atoms with Crippen LogP contribution in [0.4, 0.5) is 0 Å². The molecule has 67 heavy (non-hydrogen) atoms. The summed E-state index contributed by atoms with van der Waals surface area (Å²) in [6, 6.07) is 91.6.